The maximum Gasteiger partial charge on any atom is 0.131 e. The van der Waals surface area contributed by atoms with Crippen LogP contribution in [0.3, 0.4) is 0 Å². The number of nitrogens with zero attached hydrogens (tertiary/aromatic N) is 2. The van der Waals surface area contributed by atoms with Gasteiger partial charge in [-0.25, -0.2) is 9.97 Å². The van der Waals surface area contributed by atoms with Crippen LogP contribution in [-0.4, -0.2) is 30.1 Å². The normalized spacial score (nSPS) is 9.50. The summed E-state index contributed by atoms with van der Waals surface area (Å²) >= 11 is 0. The Morgan fingerprint density at radius 2 is 2.17 bits per heavy atom. The lowest BCUT2D eigenvalue weighted by Gasteiger charge is -2.04. The first kappa shape index (κ1) is 8.73. The number of hydrogen-bond acceptors (Lipinski definition) is 5. The third-order valence-electron chi connectivity index (χ3n) is 1.37. The molecule has 1 rings (SSSR count). The summed E-state index contributed by atoms with van der Waals surface area (Å²) in [6.07, 6.45) is 1.50. The minimum Gasteiger partial charge on any atom is -0.373 e. The van der Waals surface area contributed by atoms with Crippen LogP contribution in [-0.2, 0) is 0 Å². The van der Waals surface area contributed by atoms with E-state index < -0.39 is 0 Å². The molecule has 0 spiro atoms. The van der Waals surface area contributed by atoms with E-state index in [2.05, 4.69) is 20.6 Å². The fraction of sp³-hybridized carbons (Fsp3) is 0.429. The van der Waals surface area contributed by atoms with Gasteiger partial charge in [0.05, 0.1) is 0 Å². The second kappa shape index (κ2) is 4.50. The Balaban J connectivity index is 2.60. The molecule has 0 aliphatic carbocycles. The Bertz CT molecular complexity index is 237. The zero-order chi connectivity index (χ0) is 8.81. The van der Waals surface area contributed by atoms with E-state index in [0.717, 1.165) is 18.2 Å². The van der Waals surface area contributed by atoms with Crippen molar-refractivity contribution >= 4 is 11.6 Å². The van der Waals surface area contributed by atoms with E-state index >= 15 is 0 Å². The number of nitrogens with one attached hydrogen (secondary N) is 2. The van der Waals surface area contributed by atoms with Gasteiger partial charge in [-0.2, -0.15) is 0 Å². The molecule has 0 radical (unpaired) electrons. The van der Waals surface area contributed by atoms with Gasteiger partial charge in [0.1, 0.15) is 18.0 Å². The van der Waals surface area contributed by atoms with Crippen LogP contribution in [0.25, 0.3) is 0 Å². The first-order chi connectivity index (χ1) is 5.86. The Morgan fingerprint density at radius 1 is 1.42 bits per heavy atom. The average molecular weight is 167 g/mol. The molecule has 5 nitrogen and oxygen atoms in total. The van der Waals surface area contributed by atoms with E-state index in [1.807, 2.05) is 13.1 Å². The predicted octanol–water partition coefficient (Wildman–Crippen LogP) is -0.111. The summed E-state index contributed by atoms with van der Waals surface area (Å²) in [7, 11) is 1.81. The van der Waals surface area contributed by atoms with Crippen molar-refractivity contribution in [2.24, 2.45) is 5.73 Å². The van der Waals surface area contributed by atoms with Gasteiger partial charge in [-0.15, -0.1) is 0 Å². The fourth-order valence-electron chi connectivity index (χ4n) is 0.791. The third kappa shape index (κ3) is 2.35. The highest BCUT2D eigenvalue weighted by Crippen LogP contribution is 2.06. The van der Waals surface area contributed by atoms with Crippen molar-refractivity contribution in [3.63, 3.8) is 0 Å². The lowest BCUT2D eigenvalue weighted by molar-refractivity contribution is 1.00. The summed E-state index contributed by atoms with van der Waals surface area (Å²) in [5.74, 6) is 1.59. The van der Waals surface area contributed by atoms with Gasteiger partial charge in [-0.05, 0) is 0 Å². The first-order valence-corrected chi connectivity index (χ1v) is 3.80. The number of anilines is 2. The minimum atomic E-state index is 0.596. The molecule has 4 N–H and O–H groups in total. The molecule has 12 heavy (non-hydrogen) atoms. The molecule has 0 saturated carbocycles. The Morgan fingerprint density at radius 3 is 2.83 bits per heavy atom. The van der Waals surface area contributed by atoms with Crippen molar-refractivity contribution in [2.75, 3.05) is 30.8 Å². The van der Waals surface area contributed by atoms with Gasteiger partial charge in [-0.1, -0.05) is 0 Å². The zero-order valence-corrected chi connectivity index (χ0v) is 7.04. The van der Waals surface area contributed by atoms with Crippen LogP contribution >= 0.6 is 0 Å². The highest BCUT2D eigenvalue weighted by atomic mass is 15.1. The summed E-state index contributed by atoms with van der Waals surface area (Å²) < 4.78 is 0. The average Bonchev–Trinajstić information content (AvgIpc) is 2.15. The van der Waals surface area contributed by atoms with Crippen molar-refractivity contribution in [3.8, 4) is 0 Å². The van der Waals surface area contributed by atoms with Gasteiger partial charge in [-0.3, -0.25) is 0 Å². The topological polar surface area (TPSA) is 75.9 Å². The summed E-state index contributed by atoms with van der Waals surface area (Å²) in [4.78, 5) is 7.98. The van der Waals surface area contributed by atoms with E-state index in [0.29, 0.717) is 6.54 Å². The molecule has 0 saturated heterocycles. The molecule has 0 aromatic carbocycles. The number of aromatic nitrogens is 2. The van der Waals surface area contributed by atoms with Crippen LogP contribution in [0.4, 0.5) is 11.6 Å². The second-order valence-electron chi connectivity index (χ2n) is 2.25. The van der Waals surface area contributed by atoms with E-state index in [-0.39, 0.29) is 0 Å². The monoisotopic (exact) mass is 167 g/mol. The molecule has 66 valence electrons. The molecule has 0 atom stereocenters. The lowest BCUT2D eigenvalue weighted by atomic mass is 10.5. The van der Waals surface area contributed by atoms with Crippen molar-refractivity contribution in [3.05, 3.63) is 12.4 Å². The van der Waals surface area contributed by atoms with Gasteiger partial charge in [0.2, 0.25) is 0 Å². The van der Waals surface area contributed by atoms with Crippen LogP contribution in [0.2, 0.25) is 0 Å². The lowest BCUT2D eigenvalue weighted by Crippen LogP contribution is -2.14. The predicted molar refractivity (Wildman–Crippen MR) is 49.1 cm³/mol. The Labute approximate surface area is 71.4 Å². The standard InChI is InChI=1S/C7H13N5/c1-9-6-4-7(10-3-2-8)12-5-11-6/h4-5H,2-3,8H2,1H3,(H2,9,10,11,12). The van der Waals surface area contributed by atoms with Gasteiger partial charge in [0.25, 0.3) is 0 Å². The Kier molecular flexibility index (Phi) is 3.28. The number of nitrogens with two attached hydrogens (primary N) is 1. The van der Waals surface area contributed by atoms with E-state index in [1.54, 1.807) is 0 Å². The van der Waals surface area contributed by atoms with E-state index in [9.17, 15) is 0 Å². The van der Waals surface area contributed by atoms with Crippen LogP contribution in [0.15, 0.2) is 12.4 Å². The molecular formula is C7H13N5. The van der Waals surface area contributed by atoms with E-state index in [4.69, 9.17) is 5.73 Å². The van der Waals surface area contributed by atoms with Crippen LogP contribution in [0.5, 0.6) is 0 Å². The summed E-state index contributed by atoms with van der Waals surface area (Å²) in [5, 5.41) is 5.97. The minimum absolute atomic E-state index is 0.596. The van der Waals surface area contributed by atoms with E-state index in [1.165, 1.54) is 6.33 Å². The van der Waals surface area contributed by atoms with Gasteiger partial charge in [0, 0.05) is 26.2 Å². The molecule has 1 aromatic rings. The molecule has 0 fully saturated rings. The fourth-order valence-corrected chi connectivity index (χ4v) is 0.791. The SMILES string of the molecule is CNc1cc(NCCN)ncn1. The van der Waals surface area contributed by atoms with Gasteiger partial charge in [0.15, 0.2) is 0 Å². The second-order valence-corrected chi connectivity index (χ2v) is 2.25. The maximum absolute atomic E-state index is 5.33. The summed E-state index contributed by atoms with van der Waals surface area (Å²) in [6, 6.07) is 1.83. The number of rotatable bonds is 4. The molecule has 5 heteroatoms. The van der Waals surface area contributed by atoms with Crippen molar-refractivity contribution < 1.29 is 0 Å². The largest absolute Gasteiger partial charge is 0.373 e. The summed E-state index contributed by atoms with van der Waals surface area (Å²) in [6.45, 7) is 1.32. The van der Waals surface area contributed by atoms with Gasteiger partial charge >= 0.3 is 0 Å². The first-order valence-electron chi connectivity index (χ1n) is 3.80. The van der Waals surface area contributed by atoms with Crippen LogP contribution < -0.4 is 16.4 Å². The van der Waals surface area contributed by atoms with Gasteiger partial charge < -0.3 is 16.4 Å². The highest BCUT2D eigenvalue weighted by Gasteiger charge is 1.93. The van der Waals surface area contributed by atoms with Crippen molar-refractivity contribution in [2.45, 2.75) is 0 Å². The molecular weight excluding hydrogens is 154 g/mol. The molecule has 0 aliphatic rings. The van der Waals surface area contributed by atoms with Crippen LogP contribution in [0.1, 0.15) is 0 Å². The molecule has 1 heterocycles. The molecule has 0 aliphatic heterocycles. The zero-order valence-electron chi connectivity index (χ0n) is 7.04. The van der Waals surface area contributed by atoms with Crippen molar-refractivity contribution in [1.29, 1.82) is 0 Å². The molecule has 0 bridgehead atoms. The number of hydrogen-bond donors (Lipinski definition) is 3. The summed E-state index contributed by atoms with van der Waals surface area (Å²) in [5.41, 5.74) is 5.33. The molecule has 0 unspecified atom stereocenters. The molecule has 0 amide bonds. The Hall–Kier alpha value is -1.36. The highest BCUT2D eigenvalue weighted by molar-refractivity contribution is 5.45. The van der Waals surface area contributed by atoms with Crippen LogP contribution in [0, 0.1) is 0 Å². The van der Waals surface area contributed by atoms with Crippen molar-refractivity contribution in [1.82, 2.24) is 9.97 Å². The molecule has 1 aromatic heterocycles. The maximum atomic E-state index is 5.33. The smallest absolute Gasteiger partial charge is 0.131 e. The quantitative estimate of drug-likeness (QED) is 0.583. The third-order valence-corrected chi connectivity index (χ3v) is 1.37.